The average Bonchev–Trinajstić information content (AvgIpc) is 3.20. The van der Waals surface area contributed by atoms with Gasteiger partial charge in [-0.15, -0.1) is 0 Å². The Morgan fingerprint density at radius 1 is 0.848 bits per heavy atom. The Hall–Kier alpha value is -3.54. The monoisotopic (exact) mass is 476 g/mol. The summed E-state index contributed by atoms with van der Waals surface area (Å²) >= 11 is 12.2. The Kier molecular flexibility index (Phi) is 5.90. The zero-order valence-corrected chi connectivity index (χ0v) is 18.9. The number of rotatable bonds is 6. The van der Waals surface area contributed by atoms with E-state index in [1.54, 1.807) is 18.2 Å². The maximum Gasteiger partial charge on any atom is 0.270 e. The van der Waals surface area contributed by atoms with E-state index in [0.29, 0.717) is 38.4 Å². The Morgan fingerprint density at radius 3 is 2.48 bits per heavy atom. The largest absolute Gasteiger partial charge is 0.484 e. The van der Waals surface area contributed by atoms with Crippen LogP contribution >= 0.6 is 23.2 Å². The van der Waals surface area contributed by atoms with Crippen molar-refractivity contribution in [2.45, 2.75) is 6.61 Å². The van der Waals surface area contributed by atoms with Crippen LogP contribution in [0.4, 0.5) is 0 Å². The van der Waals surface area contributed by atoms with Gasteiger partial charge in [0.15, 0.2) is 12.4 Å². The first-order valence-corrected chi connectivity index (χ1v) is 11.0. The number of halogens is 2. The second kappa shape index (κ2) is 9.14. The standard InChI is InChI=1S/C26H18Cl2N2O3/c27-19-10-12-24(21(28)14-19)33-15-25-29-22-7-3-4-8-23(22)30(25)26(31)16-32-20-11-9-17-5-1-2-6-18(17)13-20/h1-14H,15-16H2. The highest BCUT2D eigenvalue weighted by molar-refractivity contribution is 6.35. The van der Waals surface area contributed by atoms with Gasteiger partial charge >= 0.3 is 0 Å². The van der Waals surface area contributed by atoms with Crippen LogP contribution in [0.2, 0.25) is 10.0 Å². The van der Waals surface area contributed by atoms with Crippen LogP contribution in [-0.4, -0.2) is 22.1 Å². The summed E-state index contributed by atoms with van der Waals surface area (Å²) in [5.41, 5.74) is 1.38. The molecule has 0 bridgehead atoms. The fourth-order valence-electron chi connectivity index (χ4n) is 3.65. The van der Waals surface area contributed by atoms with Crippen molar-refractivity contribution in [2.24, 2.45) is 0 Å². The molecule has 0 atom stereocenters. The third kappa shape index (κ3) is 4.51. The Labute approximate surface area is 200 Å². The predicted octanol–water partition coefficient (Wildman–Crippen LogP) is 6.79. The van der Waals surface area contributed by atoms with E-state index < -0.39 is 0 Å². The molecule has 0 aliphatic rings. The van der Waals surface area contributed by atoms with Crippen LogP contribution in [0.1, 0.15) is 10.6 Å². The van der Waals surface area contributed by atoms with Crippen LogP contribution in [-0.2, 0) is 6.61 Å². The summed E-state index contributed by atoms with van der Waals surface area (Å²) in [5.74, 6) is 1.28. The van der Waals surface area contributed by atoms with Crippen molar-refractivity contribution in [3.8, 4) is 11.5 Å². The molecular formula is C26H18Cl2N2O3. The molecule has 0 saturated heterocycles. The van der Waals surface area contributed by atoms with Crippen LogP contribution in [0, 0.1) is 0 Å². The smallest absolute Gasteiger partial charge is 0.270 e. The molecule has 5 nitrogen and oxygen atoms in total. The van der Waals surface area contributed by atoms with Crippen LogP contribution in [0.25, 0.3) is 21.8 Å². The van der Waals surface area contributed by atoms with E-state index in [9.17, 15) is 4.79 Å². The van der Waals surface area contributed by atoms with E-state index in [2.05, 4.69) is 4.98 Å². The molecule has 5 rings (SSSR count). The zero-order valence-electron chi connectivity index (χ0n) is 17.4. The van der Waals surface area contributed by atoms with Crippen LogP contribution in [0.3, 0.4) is 0 Å². The SMILES string of the molecule is O=C(COc1ccc2ccccc2c1)n1c(COc2ccc(Cl)cc2Cl)nc2ccccc21. The van der Waals surface area contributed by atoms with Gasteiger partial charge in [0.25, 0.3) is 5.91 Å². The first-order chi connectivity index (χ1) is 16.1. The van der Waals surface area contributed by atoms with E-state index in [4.69, 9.17) is 32.7 Å². The Balaban J connectivity index is 1.39. The molecule has 0 aliphatic heterocycles. The maximum absolute atomic E-state index is 13.2. The summed E-state index contributed by atoms with van der Waals surface area (Å²) < 4.78 is 13.2. The first kappa shape index (κ1) is 21.3. The predicted molar refractivity (Wildman–Crippen MR) is 131 cm³/mol. The third-order valence-corrected chi connectivity index (χ3v) is 5.74. The minimum atomic E-state index is -0.252. The van der Waals surface area contributed by atoms with Gasteiger partial charge in [0.1, 0.15) is 18.1 Å². The van der Waals surface area contributed by atoms with Gasteiger partial charge in [-0.2, -0.15) is 0 Å². The van der Waals surface area contributed by atoms with Gasteiger partial charge in [0.2, 0.25) is 0 Å². The van der Waals surface area contributed by atoms with Crippen molar-refractivity contribution in [3.05, 3.63) is 101 Å². The lowest BCUT2D eigenvalue weighted by atomic mass is 10.1. The first-order valence-electron chi connectivity index (χ1n) is 10.3. The molecule has 164 valence electrons. The Morgan fingerprint density at radius 2 is 1.64 bits per heavy atom. The minimum Gasteiger partial charge on any atom is -0.484 e. The van der Waals surface area contributed by atoms with Gasteiger partial charge in [-0.25, -0.2) is 4.98 Å². The van der Waals surface area contributed by atoms with Crippen LogP contribution < -0.4 is 9.47 Å². The van der Waals surface area contributed by atoms with Crippen molar-refractivity contribution in [3.63, 3.8) is 0 Å². The van der Waals surface area contributed by atoms with Crippen LogP contribution in [0.15, 0.2) is 84.9 Å². The molecule has 0 radical (unpaired) electrons. The molecule has 0 N–H and O–H groups in total. The van der Waals surface area contributed by atoms with Gasteiger partial charge in [0, 0.05) is 5.02 Å². The number of aromatic nitrogens is 2. The summed E-state index contributed by atoms with van der Waals surface area (Å²) in [6.07, 6.45) is 0. The van der Waals surface area contributed by atoms with Crippen LogP contribution in [0.5, 0.6) is 11.5 Å². The molecule has 7 heteroatoms. The maximum atomic E-state index is 13.2. The highest BCUT2D eigenvalue weighted by atomic mass is 35.5. The normalized spacial score (nSPS) is 11.1. The number of benzene rings is 4. The lowest BCUT2D eigenvalue weighted by Crippen LogP contribution is -2.22. The topological polar surface area (TPSA) is 53.4 Å². The summed E-state index contributed by atoms with van der Waals surface area (Å²) in [6, 6.07) is 26.1. The zero-order chi connectivity index (χ0) is 22.8. The van der Waals surface area contributed by atoms with Gasteiger partial charge in [-0.05, 0) is 53.2 Å². The number of para-hydroxylation sites is 2. The summed E-state index contributed by atoms with van der Waals surface area (Å²) in [5, 5.41) is 3.05. The summed E-state index contributed by atoms with van der Waals surface area (Å²) in [7, 11) is 0. The number of fused-ring (bicyclic) bond motifs is 2. The van der Waals surface area contributed by atoms with E-state index in [1.165, 1.54) is 4.57 Å². The molecule has 4 aromatic carbocycles. The molecule has 33 heavy (non-hydrogen) atoms. The van der Waals surface area contributed by atoms with Crippen molar-refractivity contribution < 1.29 is 14.3 Å². The number of hydrogen-bond donors (Lipinski definition) is 0. The quantitative estimate of drug-likeness (QED) is 0.270. The number of imidazole rings is 1. The van der Waals surface area contributed by atoms with Crippen molar-refractivity contribution >= 4 is 50.9 Å². The van der Waals surface area contributed by atoms with Gasteiger partial charge < -0.3 is 9.47 Å². The molecule has 1 aromatic heterocycles. The van der Waals surface area contributed by atoms with Gasteiger partial charge in [-0.3, -0.25) is 9.36 Å². The molecule has 0 amide bonds. The van der Waals surface area contributed by atoms with Crippen molar-refractivity contribution in [1.29, 1.82) is 0 Å². The van der Waals surface area contributed by atoms with E-state index in [1.807, 2.05) is 66.7 Å². The molecule has 0 saturated carbocycles. The molecule has 0 unspecified atom stereocenters. The summed E-state index contributed by atoms with van der Waals surface area (Å²) in [4.78, 5) is 17.8. The fraction of sp³-hybridized carbons (Fsp3) is 0.0769. The lowest BCUT2D eigenvalue weighted by Gasteiger charge is -2.12. The number of carbonyl (C=O) groups is 1. The molecule has 1 heterocycles. The third-order valence-electron chi connectivity index (χ3n) is 5.21. The molecule has 5 aromatic rings. The minimum absolute atomic E-state index is 0.0533. The van der Waals surface area contributed by atoms with Crippen molar-refractivity contribution in [1.82, 2.24) is 9.55 Å². The number of ether oxygens (including phenoxy) is 2. The number of hydrogen-bond acceptors (Lipinski definition) is 4. The number of carbonyl (C=O) groups excluding carboxylic acids is 1. The van der Waals surface area contributed by atoms with Gasteiger partial charge in [0.05, 0.1) is 16.1 Å². The number of nitrogens with zero attached hydrogens (tertiary/aromatic N) is 2. The van der Waals surface area contributed by atoms with Crippen molar-refractivity contribution in [2.75, 3.05) is 6.61 Å². The highest BCUT2D eigenvalue weighted by Gasteiger charge is 2.18. The lowest BCUT2D eigenvalue weighted by molar-refractivity contribution is 0.0834. The van der Waals surface area contributed by atoms with E-state index in [-0.39, 0.29) is 19.1 Å². The van der Waals surface area contributed by atoms with E-state index >= 15 is 0 Å². The summed E-state index contributed by atoms with van der Waals surface area (Å²) in [6.45, 7) is -0.0921. The molecule has 0 fully saturated rings. The second-order valence-electron chi connectivity index (χ2n) is 7.41. The Bertz CT molecular complexity index is 1480. The molecule has 0 aliphatic carbocycles. The highest BCUT2D eigenvalue weighted by Crippen LogP contribution is 2.28. The van der Waals surface area contributed by atoms with Gasteiger partial charge in [-0.1, -0.05) is 65.7 Å². The second-order valence-corrected chi connectivity index (χ2v) is 8.25. The fourth-order valence-corrected chi connectivity index (χ4v) is 4.12. The van der Waals surface area contributed by atoms with E-state index in [0.717, 1.165) is 10.8 Å². The average molecular weight is 477 g/mol. The molecule has 0 spiro atoms. The molecular weight excluding hydrogens is 459 g/mol.